The van der Waals surface area contributed by atoms with Crippen LogP contribution >= 0.6 is 0 Å². The molecule has 0 radical (unpaired) electrons. The maximum Gasteiger partial charge on any atom is 0.0583 e. The summed E-state index contributed by atoms with van der Waals surface area (Å²) in [6, 6.07) is 0. The van der Waals surface area contributed by atoms with Gasteiger partial charge in [0.1, 0.15) is 0 Å². The molecule has 0 aromatic carbocycles. The maximum absolute atomic E-state index is 10.1. The van der Waals surface area contributed by atoms with Crippen LogP contribution in [0.1, 0.15) is 98.1 Å². The fourth-order valence-corrected chi connectivity index (χ4v) is 6.08. The summed E-state index contributed by atoms with van der Waals surface area (Å²) in [5.41, 5.74) is 3.68. The molecule has 1 nitrogen and oxygen atoms in total. The molecular formula is C28H44O. The summed E-state index contributed by atoms with van der Waals surface area (Å²) in [4.78, 5) is 0. The van der Waals surface area contributed by atoms with Gasteiger partial charge in [0.15, 0.2) is 0 Å². The molecule has 3 fully saturated rings. The highest BCUT2D eigenvalue weighted by molar-refractivity contribution is 5.36. The van der Waals surface area contributed by atoms with Crippen molar-refractivity contribution in [2.24, 2.45) is 35.0 Å². The second kappa shape index (κ2) is 9.38. The first-order chi connectivity index (χ1) is 17.4. The lowest BCUT2D eigenvalue weighted by molar-refractivity contribution is 0.112. The van der Waals surface area contributed by atoms with Crippen LogP contribution in [0.4, 0.5) is 0 Å². The van der Waals surface area contributed by atoms with E-state index in [1.165, 1.54) is 11.6 Å². The number of hydrogen-bond acceptors (Lipinski definition) is 1. The van der Waals surface area contributed by atoms with E-state index in [9.17, 15) is 5.11 Å². The van der Waals surface area contributed by atoms with Gasteiger partial charge in [-0.1, -0.05) is 76.4 Å². The third kappa shape index (κ3) is 4.98. The fourth-order valence-electron chi connectivity index (χ4n) is 6.08. The fraction of sp³-hybridized carbons (Fsp3) is 0.714. The van der Waals surface area contributed by atoms with E-state index in [2.05, 4.69) is 25.7 Å². The lowest BCUT2D eigenvalue weighted by Gasteiger charge is -2.44. The first-order valence-corrected chi connectivity index (χ1v) is 11.3. The van der Waals surface area contributed by atoms with E-state index in [4.69, 9.17) is 12.3 Å². The Labute approximate surface area is 192 Å². The van der Waals surface area contributed by atoms with Crippen LogP contribution in [-0.2, 0) is 0 Å². The van der Waals surface area contributed by atoms with E-state index < -0.39 is 32.4 Å². The maximum atomic E-state index is 10.1. The lowest BCUT2D eigenvalue weighted by Crippen LogP contribution is -2.35. The average molecular weight is 406 g/mol. The molecule has 3 aliphatic carbocycles. The van der Waals surface area contributed by atoms with E-state index in [0.717, 1.165) is 56.1 Å². The highest BCUT2D eigenvalue weighted by atomic mass is 16.3. The predicted octanol–water partition coefficient (Wildman–Crippen LogP) is 7.64. The summed E-state index contributed by atoms with van der Waals surface area (Å²) in [7, 11) is 0. The molecular weight excluding hydrogens is 352 g/mol. The van der Waals surface area contributed by atoms with Gasteiger partial charge >= 0.3 is 0 Å². The molecule has 0 spiro atoms. The highest BCUT2D eigenvalue weighted by Gasteiger charge is 2.50. The predicted molar refractivity (Wildman–Crippen MR) is 126 cm³/mol. The van der Waals surface area contributed by atoms with Gasteiger partial charge in [-0.2, -0.15) is 0 Å². The van der Waals surface area contributed by atoms with Crippen LogP contribution < -0.4 is 0 Å². The van der Waals surface area contributed by atoms with E-state index in [1.807, 2.05) is 6.92 Å². The topological polar surface area (TPSA) is 20.2 Å². The zero-order valence-corrected chi connectivity index (χ0v) is 18.1. The summed E-state index contributed by atoms with van der Waals surface area (Å²) < 4.78 is 70.5. The number of rotatable bonds is 5. The molecule has 0 bridgehead atoms. The van der Waals surface area contributed by atoms with Crippen LogP contribution in [0, 0.1) is 35.0 Å². The zero-order chi connectivity index (χ0) is 28.7. The number of hydrogen-bond donors (Lipinski definition) is 1. The van der Waals surface area contributed by atoms with Crippen molar-refractivity contribution in [1.82, 2.24) is 0 Å². The first kappa shape index (κ1) is 13.4. The van der Waals surface area contributed by atoms with E-state index in [1.54, 1.807) is 6.08 Å². The van der Waals surface area contributed by atoms with Crippen molar-refractivity contribution in [3.8, 4) is 0 Å². The van der Waals surface area contributed by atoms with Crippen molar-refractivity contribution in [3.05, 3.63) is 47.6 Å². The lowest BCUT2D eigenvalue weighted by atomic mass is 9.61. The molecule has 162 valence electrons. The Hall–Kier alpha value is -1.08. The molecule has 0 unspecified atom stereocenters. The summed E-state index contributed by atoms with van der Waals surface area (Å²) in [6.07, 6.45) is 14.6. The van der Waals surface area contributed by atoms with Gasteiger partial charge in [0.25, 0.3) is 0 Å². The summed E-state index contributed by atoms with van der Waals surface area (Å²) >= 11 is 0. The molecule has 3 rings (SSSR count). The van der Waals surface area contributed by atoms with Crippen LogP contribution in [0.2, 0.25) is 0 Å². The smallest absolute Gasteiger partial charge is 0.0583 e. The third-order valence-electron chi connectivity index (χ3n) is 7.84. The summed E-state index contributed by atoms with van der Waals surface area (Å²) in [6.45, 7) is -0.0391. The van der Waals surface area contributed by atoms with Gasteiger partial charge in [-0.15, -0.1) is 0 Å². The number of aliphatic hydroxyl groups excluding tert-OH is 1. The molecule has 1 N–H and O–H groups in total. The Bertz CT molecular complexity index is 939. The SMILES string of the molecule is [2H]C([2H])([2H])C([C@H](/C=C/[C@@H](C)[C@H]1CC[C@H]2/C(=C/C=C3/C[C@@H](O)CCC3=C)CCC[C@]12C)C([2H])([2H])[2H])C([2H])([2H])[2H]. The number of allylic oxidation sites excluding steroid dienone is 6. The Balaban J connectivity index is 1.84. The summed E-state index contributed by atoms with van der Waals surface area (Å²) in [5, 5.41) is 10.1. The Morgan fingerprint density at radius 3 is 2.72 bits per heavy atom. The standard InChI is InChI=1S/C28H44O/c1-19(2)20(3)9-10-22(5)26-15-16-27-23(8-7-17-28(26,27)6)12-13-24-18-25(29)14-11-21(24)4/h9-10,12-13,19-20,22,25-27,29H,4,7-8,11,14-18H2,1-3,5-6H3/b10-9+,23-12+,24-13-/t20-,22+,25-,26+,27-,28+/m0/s1/i1D3,2D3,3D3. The largest absolute Gasteiger partial charge is 0.393 e. The van der Waals surface area contributed by atoms with Gasteiger partial charge < -0.3 is 5.11 Å². The number of fused-ring (bicyclic) bond motifs is 1. The number of aliphatic hydroxyl groups is 1. The second-order valence-corrected chi connectivity index (χ2v) is 9.78. The van der Waals surface area contributed by atoms with Crippen LogP contribution in [-0.4, -0.2) is 11.2 Å². The molecule has 0 saturated heterocycles. The molecule has 0 aliphatic heterocycles. The minimum Gasteiger partial charge on any atom is -0.393 e. The van der Waals surface area contributed by atoms with E-state index in [-0.39, 0.29) is 23.4 Å². The summed E-state index contributed by atoms with van der Waals surface area (Å²) in [5.74, 6) is -2.87. The van der Waals surface area contributed by atoms with Gasteiger partial charge in [-0.25, -0.2) is 0 Å². The van der Waals surface area contributed by atoms with Gasteiger partial charge in [0.05, 0.1) is 6.10 Å². The van der Waals surface area contributed by atoms with Crippen molar-refractivity contribution in [1.29, 1.82) is 0 Å². The Morgan fingerprint density at radius 1 is 1.14 bits per heavy atom. The van der Waals surface area contributed by atoms with Crippen LogP contribution in [0.25, 0.3) is 0 Å². The molecule has 29 heavy (non-hydrogen) atoms. The van der Waals surface area contributed by atoms with Crippen molar-refractivity contribution in [2.45, 2.75) is 91.9 Å². The average Bonchev–Trinajstić information content (AvgIpc) is 3.12. The Kier molecular flexibility index (Phi) is 4.32. The van der Waals surface area contributed by atoms with E-state index in [0.29, 0.717) is 12.3 Å². The van der Waals surface area contributed by atoms with Crippen molar-refractivity contribution in [2.75, 3.05) is 0 Å². The molecule has 3 saturated carbocycles. The highest BCUT2D eigenvalue weighted by Crippen LogP contribution is 2.59. The molecule has 0 heterocycles. The minimum absolute atomic E-state index is 0.0188. The Morgan fingerprint density at radius 2 is 1.97 bits per heavy atom. The van der Waals surface area contributed by atoms with Crippen molar-refractivity contribution in [3.63, 3.8) is 0 Å². The van der Waals surface area contributed by atoms with E-state index >= 15 is 0 Å². The van der Waals surface area contributed by atoms with Crippen LogP contribution in [0.3, 0.4) is 0 Å². The molecule has 6 atom stereocenters. The van der Waals surface area contributed by atoms with Crippen molar-refractivity contribution >= 4 is 0 Å². The zero-order valence-electron chi connectivity index (χ0n) is 27.1. The van der Waals surface area contributed by atoms with Gasteiger partial charge in [0, 0.05) is 12.3 Å². The van der Waals surface area contributed by atoms with Crippen molar-refractivity contribution < 1.29 is 17.4 Å². The van der Waals surface area contributed by atoms with Gasteiger partial charge in [0.2, 0.25) is 0 Å². The normalized spacial score (nSPS) is 44.1. The molecule has 0 aromatic heterocycles. The van der Waals surface area contributed by atoms with Gasteiger partial charge in [-0.05, 0) is 91.9 Å². The third-order valence-corrected chi connectivity index (χ3v) is 7.84. The molecule has 1 heteroatoms. The molecule has 0 aromatic rings. The van der Waals surface area contributed by atoms with Crippen LogP contribution in [0.5, 0.6) is 0 Å². The monoisotopic (exact) mass is 405 g/mol. The first-order valence-electron chi connectivity index (χ1n) is 15.8. The quantitative estimate of drug-likeness (QED) is 0.466. The van der Waals surface area contributed by atoms with Gasteiger partial charge in [-0.3, -0.25) is 0 Å². The second-order valence-electron chi connectivity index (χ2n) is 9.78. The molecule has 0 amide bonds. The minimum atomic E-state index is -2.92. The van der Waals surface area contributed by atoms with Crippen LogP contribution in [0.15, 0.2) is 47.6 Å². The molecule has 3 aliphatic rings.